The van der Waals surface area contributed by atoms with E-state index in [4.69, 9.17) is 4.74 Å². The van der Waals surface area contributed by atoms with Crippen LogP contribution in [-0.2, 0) is 6.54 Å². The van der Waals surface area contributed by atoms with Crippen molar-refractivity contribution >= 4 is 21.6 Å². The van der Waals surface area contributed by atoms with Gasteiger partial charge in [0.05, 0.1) is 6.61 Å². The van der Waals surface area contributed by atoms with Gasteiger partial charge in [0.1, 0.15) is 5.75 Å². The third-order valence-corrected chi connectivity index (χ3v) is 3.23. The first-order chi connectivity index (χ1) is 9.29. The summed E-state index contributed by atoms with van der Waals surface area (Å²) < 4.78 is 6.84. The van der Waals surface area contributed by atoms with E-state index in [1.165, 1.54) is 0 Å². The molecule has 3 heteroatoms. The van der Waals surface area contributed by atoms with Crippen LogP contribution >= 0.6 is 15.9 Å². The van der Waals surface area contributed by atoms with Crippen LogP contribution in [0.15, 0.2) is 53.0 Å². The number of hydrogen-bond acceptors (Lipinski definition) is 2. The molecule has 0 fully saturated rings. The molecule has 0 unspecified atom stereocenters. The molecule has 100 valence electrons. The van der Waals surface area contributed by atoms with E-state index in [1.807, 2.05) is 30.3 Å². The van der Waals surface area contributed by atoms with Crippen molar-refractivity contribution in [2.24, 2.45) is 0 Å². The summed E-state index contributed by atoms with van der Waals surface area (Å²) in [6, 6.07) is 16.3. The zero-order valence-electron chi connectivity index (χ0n) is 11.0. The van der Waals surface area contributed by atoms with Crippen LogP contribution in [0.2, 0.25) is 0 Å². The van der Waals surface area contributed by atoms with Gasteiger partial charge in [-0.3, -0.25) is 0 Å². The molecule has 2 nitrogen and oxygen atoms in total. The Bertz CT molecular complexity index is 513. The lowest BCUT2D eigenvalue weighted by Gasteiger charge is -2.13. The fraction of sp³-hybridized carbons (Fsp3) is 0.250. The highest BCUT2D eigenvalue weighted by Crippen LogP contribution is 2.24. The molecule has 2 aromatic carbocycles. The average molecular weight is 320 g/mol. The first-order valence-electron chi connectivity index (χ1n) is 6.49. The quantitative estimate of drug-likeness (QED) is 0.821. The summed E-state index contributed by atoms with van der Waals surface area (Å²) in [6.07, 6.45) is 1.02. The van der Waals surface area contributed by atoms with Gasteiger partial charge in [0.15, 0.2) is 0 Å². The standard InChI is InChI=1S/C16H18BrNO/c1-2-10-19-16-9-8-14(17)11-13(16)12-18-15-6-4-3-5-7-15/h3-9,11,18H,2,10,12H2,1H3. The molecule has 0 atom stereocenters. The van der Waals surface area contributed by atoms with E-state index in [1.54, 1.807) is 0 Å². The highest BCUT2D eigenvalue weighted by molar-refractivity contribution is 9.10. The van der Waals surface area contributed by atoms with Crippen molar-refractivity contribution in [3.05, 3.63) is 58.6 Å². The maximum Gasteiger partial charge on any atom is 0.124 e. The lowest BCUT2D eigenvalue weighted by molar-refractivity contribution is 0.314. The molecule has 2 aromatic rings. The first-order valence-corrected chi connectivity index (χ1v) is 7.29. The van der Waals surface area contributed by atoms with Gasteiger partial charge in [0.25, 0.3) is 0 Å². The Hall–Kier alpha value is -1.48. The van der Waals surface area contributed by atoms with Crippen LogP contribution in [0.5, 0.6) is 5.75 Å². The van der Waals surface area contributed by atoms with Gasteiger partial charge < -0.3 is 10.1 Å². The Morgan fingerprint density at radius 3 is 2.63 bits per heavy atom. The summed E-state index contributed by atoms with van der Waals surface area (Å²) in [4.78, 5) is 0. The molecule has 0 saturated heterocycles. The number of halogens is 1. The molecule has 2 rings (SSSR count). The molecular weight excluding hydrogens is 302 g/mol. The highest BCUT2D eigenvalue weighted by Gasteiger charge is 2.04. The van der Waals surface area contributed by atoms with Crippen molar-refractivity contribution in [3.63, 3.8) is 0 Å². The number of rotatable bonds is 6. The second-order valence-corrected chi connectivity index (χ2v) is 5.24. The fourth-order valence-electron chi connectivity index (χ4n) is 1.79. The average Bonchev–Trinajstić information content (AvgIpc) is 2.45. The van der Waals surface area contributed by atoms with Crippen molar-refractivity contribution in [2.75, 3.05) is 11.9 Å². The molecule has 0 aliphatic rings. The van der Waals surface area contributed by atoms with Crippen LogP contribution in [-0.4, -0.2) is 6.61 Å². The van der Waals surface area contributed by atoms with Crippen LogP contribution in [0.25, 0.3) is 0 Å². The Kier molecular flexibility index (Phi) is 5.28. The summed E-state index contributed by atoms with van der Waals surface area (Å²) in [7, 11) is 0. The number of nitrogens with one attached hydrogen (secondary N) is 1. The van der Waals surface area contributed by atoms with Crippen LogP contribution < -0.4 is 10.1 Å². The maximum atomic E-state index is 5.77. The van der Waals surface area contributed by atoms with Crippen molar-refractivity contribution in [1.82, 2.24) is 0 Å². The minimum absolute atomic E-state index is 0.750. The Balaban J connectivity index is 2.07. The molecule has 0 aromatic heterocycles. The summed E-state index contributed by atoms with van der Waals surface area (Å²) in [5, 5.41) is 3.40. The smallest absolute Gasteiger partial charge is 0.124 e. The summed E-state index contributed by atoms with van der Waals surface area (Å²) in [6.45, 7) is 3.61. The number of para-hydroxylation sites is 1. The molecule has 0 saturated carbocycles. The minimum Gasteiger partial charge on any atom is -0.493 e. The number of ether oxygens (including phenoxy) is 1. The van der Waals surface area contributed by atoms with Gasteiger partial charge in [-0.25, -0.2) is 0 Å². The van der Waals surface area contributed by atoms with Gasteiger partial charge in [0.2, 0.25) is 0 Å². The fourth-order valence-corrected chi connectivity index (χ4v) is 2.20. The summed E-state index contributed by atoms with van der Waals surface area (Å²) in [5.74, 6) is 0.952. The summed E-state index contributed by atoms with van der Waals surface area (Å²) in [5.41, 5.74) is 2.27. The molecular formula is C16H18BrNO. The predicted octanol–water partition coefficient (Wildman–Crippen LogP) is 4.85. The highest BCUT2D eigenvalue weighted by atomic mass is 79.9. The van der Waals surface area contributed by atoms with Gasteiger partial charge >= 0.3 is 0 Å². The Labute approximate surface area is 122 Å². The monoisotopic (exact) mass is 319 g/mol. The van der Waals surface area contributed by atoms with Crippen LogP contribution in [0.4, 0.5) is 5.69 Å². The largest absolute Gasteiger partial charge is 0.493 e. The van der Waals surface area contributed by atoms with E-state index in [0.717, 1.165) is 41.0 Å². The second kappa shape index (κ2) is 7.19. The predicted molar refractivity (Wildman–Crippen MR) is 83.7 cm³/mol. The molecule has 19 heavy (non-hydrogen) atoms. The van der Waals surface area contributed by atoms with Crippen molar-refractivity contribution in [1.29, 1.82) is 0 Å². The molecule has 0 amide bonds. The lowest BCUT2D eigenvalue weighted by Crippen LogP contribution is -2.04. The van der Waals surface area contributed by atoms with Gasteiger partial charge in [0, 0.05) is 22.3 Å². The van der Waals surface area contributed by atoms with Crippen molar-refractivity contribution in [2.45, 2.75) is 19.9 Å². The normalized spacial score (nSPS) is 10.2. The molecule has 1 N–H and O–H groups in total. The van der Waals surface area contributed by atoms with E-state index >= 15 is 0 Å². The van der Waals surface area contributed by atoms with E-state index in [0.29, 0.717) is 0 Å². The molecule has 0 heterocycles. The molecule has 0 bridgehead atoms. The lowest BCUT2D eigenvalue weighted by atomic mass is 10.2. The van der Waals surface area contributed by atoms with E-state index in [-0.39, 0.29) is 0 Å². The summed E-state index contributed by atoms with van der Waals surface area (Å²) >= 11 is 3.51. The van der Waals surface area contributed by atoms with Gasteiger partial charge in [-0.1, -0.05) is 41.1 Å². The first kappa shape index (κ1) is 13.9. The maximum absolute atomic E-state index is 5.77. The zero-order valence-corrected chi connectivity index (χ0v) is 12.6. The molecule has 0 spiro atoms. The van der Waals surface area contributed by atoms with Crippen molar-refractivity contribution < 1.29 is 4.74 Å². The van der Waals surface area contributed by atoms with Gasteiger partial charge in [-0.05, 0) is 36.8 Å². The van der Waals surface area contributed by atoms with Crippen LogP contribution in [0.1, 0.15) is 18.9 Å². The number of anilines is 1. The van der Waals surface area contributed by atoms with Crippen LogP contribution in [0, 0.1) is 0 Å². The van der Waals surface area contributed by atoms with Crippen LogP contribution in [0.3, 0.4) is 0 Å². The topological polar surface area (TPSA) is 21.3 Å². The molecule has 0 radical (unpaired) electrons. The Morgan fingerprint density at radius 2 is 1.89 bits per heavy atom. The minimum atomic E-state index is 0.750. The van der Waals surface area contributed by atoms with Gasteiger partial charge in [-0.2, -0.15) is 0 Å². The molecule has 0 aliphatic heterocycles. The van der Waals surface area contributed by atoms with E-state index < -0.39 is 0 Å². The van der Waals surface area contributed by atoms with E-state index in [9.17, 15) is 0 Å². The molecule has 0 aliphatic carbocycles. The Morgan fingerprint density at radius 1 is 1.11 bits per heavy atom. The third-order valence-electron chi connectivity index (χ3n) is 2.74. The number of hydrogen-bond donors (Lipinski definition) is 1. The second-order valence-electron chi connectivity index (χ2n) is 4.32. The third kappa shape index (κ3) is 4.28. The zero-order chi connectivity index (χ0) is 13.5. The van der Waals surface area contributed by atoms with Crippen molar-refractivity contribution in [3.8, 4) is 5.75 Å². The number of benzene rings is 2. The SMILES string of the molecule is CCCOc1ccc(Br)cc1CNc1ccccc1. The van der Waals surface area contributed by atoms with Gasteiger partial charge in [-0.15, -0.1) is 0 Å². The van der Waals surface area contributed by atoms with E-state index in [2.05, 4.69) is 46.4 Å².